The zero-order valence-electron chi connectivity index (χ0n) is 17.5. The summed E-state index contributed by atoms with van der Waals surface area (Å²) in [5, 5.41) is 0. The molecule has 0 N–H and O–H groups in total. The molecule has 0 saturated heterocycles. The van der Waals surface area contributed by atoms with Gasteiger partial charge in [-0.25, -0.2) is 0 Å². The van der Waals surface area contributed by atoms with Gasteiger partial charge in [-0.15, -0.1) is 0 Å². The Morgan fingerprint density at radius 2 is 2.00 bits per heavy atom. The zero-order valence-corrected chi connectivity index (χ0v) is 20.5. The van der Waals surface area contributed by atoms with Crippen molar-refractivity contribution in [3.05, 3.63) is 23.5 Å². The number of rotatable bonds is 3. The quantitative estimate of drug-likeness (QED) is 0.424. The molecule has 152 valence electrons. The van der Waals surface area contributed by atoms with E-state index in [2.05, 4.69) is 59.7 Å². The molecular weight excluding hydrogens is 467 g/mol. The number of hydrogen-bond acceptors (Lipinski definition) is 2. The van der Waals surface area contributed by atoms with Crippen LogP contribution in [0.1, 0.15) is 52.4 Å². The molecule has 2 nitrogen and oxygen atoms in total. The van der Waals surface area contributed by atoms with Gasteiger partial charge in [-0.1, -0.05) is 19.9 Å². The number of Topliss-reactive ketones (excluding diaryl/α,β-unsaturated/α-hetero) is 1. The Hall–Kier alpha value is 0.0300. The van der Waals surface area contributed by atoms with Crippen molar-refractivity contribution in [1.82, 2.24) is 0 Å². The SMILES string of the molecule is COC1=CC2=CC[C@H]3[C@@H]4[C@H](CS(C)(C)I)CC(=O)[C@@]4(C)CC[C@@H]3[C@@]2(C)CC1. The number of hydrogen-bond donors (Lipinski definition) is 0. The van der Waals surface area contributed by atoms with Crippen LogP contribution in [0.3, 0.4) is 0 Å². The standard InChI is InChI=1S/C23H35IO2S/c1-22-10-8-17(26-3)13-16(22)6-7-18-19(22)9-11-23(2)20(25)12-15(21(18)23)14-27(4,5)24/h6,13,15,18-19,21H,7-12,14H2,1-5H3/t15-,18+,19-,21-,22-,23+/m0/s1. The summed E-state index contributed by atoms with van der Waals surface area (Å²) in [6, 6.07) is 0. The van der Waals surface area contributed by atoms with E-state index in [1.165, 1.54) is 24.2 Å². The second-order valence-corrected chi connectivity index (χ2v) is 20.6. The first-order valence-electron chi connectivity index (χ1n) is 10.5. The molecule has 2 saturated carbocycles. The summed E-state index contributed by atoms with van der Waals surface area (Å²) < 4.78 is 5.57. The van der Waals surface area contributed by atoms with Crippen LogP contribution < -0.4 is 0 Å². The smallest absolute Gasteiger partial charge is 0.139 e. The fourth-order valence-corrected chi connectivity index (χ4v) is 9.91. The van der Waals surface area contributed by atoms with Gasteiger partial charge < -0.3 is 4.74 Å². The van der Waals surface area contributed by atoms with E-state index >= 15 is 0 Å². The third-order valence-electron chi connectivity index (χ3n) is 8.45. The van der Waals surface area contributed by atoms with E-state index in [1.54, 1.807) is 7.11 Å². The van der Waals surface area contributed by atoms with Crippen LogP contribution in [0.4, 0.5) is 0 Å². The first-order chi connectivity index (χ1) is 12.6. The number of fused-ring (bicyclic) bond motifs is 5. The monoisotopic (exact) mass is 502 g/mol. The molecule has 0 bridgehead atoms. The van der Waals surface area contributed by atoms with Gasteiger partial charge in [-0.2, -0.15) is 7.20 Å². The highest BCUT2D eigenvalue weighted by Gasteiger charge is 2.61. The minimum absolute atomic E-state index is 0.0585. The van der Waals surface area contributed by atoms with Crippen molar-refractivity contribution in [2.24, 2.45) is 34.5 Å². The van der Waals surface area contributed by atoms with Crippen LogP contribution >= 0.6 is 28.4 Å². The second kappa shape index (κ2) is 6.78. The summed E-state index contributed by atoms with van der Waals surface area (Å²) in [7, 11) is 1.18. The van der Waals surface area contributed by atoms with Crippen LogP contribution in [-0.2, 0) is 9.53 Å². The highest BCUT2D eigenvalue weighted by Crippen LogP contribution is 2.66. The molecule has 0 spiro atoms. The van der Waals surface area contributed by atoms with Crippen molar-refractivity contribution >= 4 is 34.2 Å². The molecule has 0 amide bonds. The van der Waals surface area contributed by atoms with Crippen LogP contribution in [-0.4, -0.2) is 31.2 Å². The van der Waals surface area contributed by atoms with E-state index in [-0.39, 0.29) is 10.8 Å². The predicted octanol–water partition coefficient (Wildman–Crippen LogP) is 6.30. The van der Waals surface area contributed by atoms with Crippen LogP contribution in [0.15, 0.2) is 23.5 Å². The molecule has 6 atom stereocenters. The average molecular weight is 503 g/mol. The molecule has 2 fully saturated rings. The van der Waals surface area contributed by atoms with Gasteiger partial charge in [0.15, 0.2) is 0 Å². The van der Waals surface area contributed by atoms with E-state index in [0.29, 0.717) is 23.5 Å². The topological polar surface area (TPSA) is 26.3 Å². The second-order valence-electron chi connectivity index (χ2n) is 10.3. The fourth-order valence-electron chi connectivity index (χ4n) is 7.18. The van der Waals surface area contributed by atoms with Gasteiger partial charge in [0.1, 0.15) is 5.78 Å². The number of allylic oxidation sites excluding steroid dienone is 4. The van der Waals surface area contributed by atoms with Crippen LogP contribution in [0, 0.1) is 34.5 Å². The maximum Gasteiger partial charge on any atom is 0.139 e. The molecule has 0 aromatic carbocycles. The van der Waals surface area contributed by atoms with Crippen LogP contribution in [0.25, 0.3) is 0 Å². The molecule has 27 heavy (non-hydrogen) atoms. The van der Waals surface area contributed by atoms with Gasteiger partial charge in [-0.05, 0) is 106 Å². The Labute approximate surface area is 178 Å². The lowest BCUT2D eigenvalue weighted by atomic mass is 9.48. The summed E-state index contributed by atoms with van der Waals surface area (Å²) in [5.41, 5.74) is 1.72. The largest absolute Gasteiger partial charge is 0.501 e. The molecule has 0 unspecified atom stereocenters. The van der Waals surface area contributed by atoms with Crippen molar-refractivity contribution in [3.8, 4) is 0 Å². The van der Waals surface area contributed by atoms with Gasteiger partial charge in [-0.3, -0.25) is 4.79 Å². The molecule has 0 aromatic heterocycles. The minimum atomic E-state index is -0.619. The lowest BCUT2D eigenvalue weighted by molar-refractivity contribution is -0.131. The Morgan fingerprint density at radius 1 is 1.26 bits per heavy atom. The molecule has 4 aliphatic rings. The normalized spacial score (nSPS) is 44.6. The average Bonchev–Trinajstić information content (AvgIpc) is 2.83. The van der Waals surface area contributed by atoms with Gasteiger partial charge >= 0.3 is 0 Å². The van der Waals surface area contributed by atoms with E-state index in [4.69, 9.17) is 4.74 Å². The molecule has 0 heterocycles. The number of halogens is 1. The first-order valence-corrected chi connectivity index (χ1v) is 15.6. The highest BCUT2D eigenvalue weighted by molar-refractivity contribution is 14.2. The van der Waals surface area contributed by atoms with Crippen molar-refractivity contribution in [2.75, 3.05) is 25.4 Å². The summed E-state index contributed by atoms with van der Waals surface area (Å²) in [6.45, 7) is 4.82. The van der Waals surface area contributed by atoms with Crippen molar-refractivity contribution in [3.63, 3.8) is 0 Å². The number of ketones is 1. The highest BCUT2D eigenvalue weighted by atomic mass is 127. The summed E-state index contributed by atoms with van der Waals surface area (Å²) in [6.07, 6.45) is 16.2. The minimum Gasteiger partial charge on any atom is -0.501 e. The number of ether oxygens (including phenoxy) is 1. The van der Waals surface area contributed by atoms with Gasteiger partial charge in [0, 0.05) is 18.3 Å². The van der Waals surface area contributed by atoms with E-state index in [0.717, 1.165) is 37.4 Å². The number of carbonyl (C=O) groups excluding carboxylic acids is 1. The van der Waals surface area contributed by atoms with E-state index in [9.17, 15) is 4.79 Å². The van der Waals surface area contributed by atoms with Crippen molar-refractivity contribution < 1.29 is 9.53 Å². The Balaban J connectivity index is 1.70. The summed E-state index contributed by atoms with van der Waals surface area (Å²) >= 11 is 2.67. The Morgan fingerprint density at radius 3 is 2.67 bits per heavy atom. The van der Waals surface area contributed by atoms with E-state index in [1.807, 2.05) is 0 Å². The van der Waals surface area contributed by atoms with Gasteiger partial charge in [0.2, 0.25) is 0 Å². The van der Waals surface area contributed by atoms with Crippen LogP contribution in [0.2, 0.25) is 0 Å². The van der Waals surface area contributed by atoms with E-state index < -0.39 is 7.20 Å². The lowest BCUT2D eigenvalue weighted by Crippen LogP contribution is -2.50. The third-order valence-corrected chi connectivity index (χ3v) is 10.7. The first kappa shape index (κ1) is 20.3. The van der Waals surface area contributed by atoms with Gasteiger partial charge in [0.05, 0.1) is 12.9 Å². The zero-order chi connectivity index (χ0) is 19.6. The molecule has 0 radical (unpaired) electrons. The number of methoxy groups -OCH3 is 1. The lowest BCUT2D eigenvalue weighted by Gasteiger charge is -2.56. The molecular formula is C23H35IO2S. The fraction of sp³-hybridized carbons (Fsp3) is 0.783. The van der Waals surface area contributed by atoms with Gasteiger partial charge in [0.25, 0.3) is 0 Å². The maximum atomic E-state index is 13.1. The Bertz CT molecular complexity index is 706. The molecule has 4 rings (SSSR count). The molecule has 0 aliphatic heterocycles. The van der Waals surface area contributed by atoms with Crippen molar-refractivity contribution in [2.45, 2.75) is 52.4 Å². The molecule has 4 aliphatic carbocycles. The maximum absolute atomic E-state index is 13.1. The van der Waals surface area contributed by atoms with Crippen LogP contribution in [0.5, 0.6) is 0 Å². The molecule has 4 heteroatoms. The third kappa shape index (κ3) is 3.25. The summed E-state index contributed by atoms with van der Waals surface area (Å²) in [5.74, 6) is 5.57. The molecule has 0 aromatic rings. The predicted molar refractivity (Wildman–Crippen MR) is 124 cm³/mol. The number of carbonyl (C=O) groups is 1. The van der Waals surface area contributed by atoms with Crippen molar-refractivity contribution in [1.29, 1.82) is 0 Å². The Kier molecular flexibility index (Phi) is 5.10. The summed E-state index contributed by atoms with van der Waals surface area (Å²) in [4.78, 5) is 13.1.